The van der Waals surface area contributed by atoms with E-state index < -0.39 is 6.16 Å². The molecule has 0 saturated carbocycles. The molecule has 1 amide bonds. The lowest BCUT2D eigenvalue weighted by Gasteiger charge is -2.30. The fraction of sp³-hybridized carbons (Fsp3) is 0.333. The Morgan fingerprint density at radius 2 is 1.30 bits per heavy atom. The molecule has 0 aromatic heterocycles. The number of hydrogen-bond acceptors (Lipinski definition) is 4. The van der Waals surface area contributed by atoms with E-state index in [4.69, 9.17) is 9.84 Å². The van der Waals surface area contributed by atoms with Crippen molar-refractivity contribution < 1.29 is 24.2 Å². The first-order chi connectivity index (χ1) is 12.8. The third-order valence-corrected chi connectivity index (χ3v) is 4.01. The maximum absolute atomic E-state index is 12.3. The van der Waals surface area contributed by atoms with Gasteiger partial charge in [0.2, 0.25) is 0 Å². The van der Waals surface area contributed by atoms with Crippen LogP contribution in [0.25, 0.3) is 11.1 Å². The number of carbonyl (C=O) groups excluding carboxylic acids is 1. The summed E-state index contributed by atoms with van der Waals surface area (Å²) in [6, 6.07) is 14.4. The van der Waals surface area contributed by atoms with Crippen molar-refractivity contribution in [2.75, 3.05) is 6.61 Å². The van der Waals surface area contributed by atoms with Crippen molar-refractivity contribution in [2.24, 2.45) is 0 Å². The van der Waals surface area contributed by atoms with Gasteiger partial charge in [-0.2, -0.15) is 0 Å². The average molecular weight is 371 g/mol. The van der Waals surface area contributed by atoms with Gasteiger partial charge in [-0.15, -0.1) is 0 Å². The van der Waals surface area contributed by atoms with E-state index in [1.54, 1.807) is 41.3 Å². The summed E-state index contributed by atoms with van der Waals surface area (Å²) >= 11 is 0. The van der Waals surface area contributed by atoms with E-state index in [1.165, 1.54) is 0 Å². The molecule has 2 rings (SSSR count). The van der Waals surface area contributed by atoms with E-state index in [1.807, 2.05) is 39.8 Å². The number of carboxylic acid groups (broad SMARTS) is 1. The highest BCUT2D eigenvalue weighted by atomic mass is 16.7. The second-order valence-electron chi connectivity index (χ2n) is 6.69. The summed E-state index contributed by atoms with van der Waals surface area (Å²) in [6.07, 6.45) is -1.34. The minimum atomic E-state index is -1.34. The predicted octanol–water partition coefficient (Wildman–Crippen LogP) is 4.43. The van der Waals surface area contributed by atoms with Gasteiger partial charge in [0.15, 0.2) is 6.61 Å². The summed E-state index contributed by atoms with van der Waals surface area (Å²) in [5, 5.41) is 8.61. The van der Waals surface area contributed by atoms with E-state index in [2.05, 4.69) is 4.74 Å². The molecule has 0 heterocycles. The van der Waals surface area contributed by atoms with Crippen LogP contribution in [0.15, 0.2) is 48.5 Å². The fourth-order valence-electron chi connectivity index (χ4n) is 2.95. The second kappa shape index (κ2) is 9.07. The maximum Gasteiger partial charge on any atom is 0.511 e. The Balaban J connectivity index is 1.99. The number of benzene rings is 2. The molecule has 2 aromatic carbocycles. The van der Waals surface area contributed by atoms with Gasteiger partial charge in [0.05, 0.1) is 0 Å². The Bertz CT molecular complexity index is 758. The summed E-state index contributed by atoms with van der Waals surface area (Å²) in [4.78, 5) is 24.7. The van der Waals surface area contributed by atoms with Crippen molar-refractivity contribution in [1.82, 2.24) is 4.90 Å². The van der Waals surface area contributed by atoms with Gasteiger partial charge in [-0.25, -0.2) is 4.79 Å². The Morgan fingerprint density at radius 1 is 0.852 bits per heavy atom. The molecule has 0 atom stereocenters. The molecule has 0 aliphatic rings. The van der Waals surface area contributed by atoms with Gasteiger partial charge in [0, 0.05) is 12.1 Å². The van der Waals surface area contributed by atoms with Crippen LogP contribution >= 0.6 is 0 Å². The lowest BCUT2D eigenvalue weighted by Crippen LogP contribution is -2.44. The van der Waals surface area contributed by atoms with Gasteiger partial charge in [-0.05, 0) is 63.1 Å². The van der Waals surface area contributed by atoms with E-state index >= 15 is 0 Å². The highest BCUT2D eigenvalue weighted by Gasteiger charge is 2.20. The lowest BCUT2D eigenvalue weighted by atomic mass is 10.1. The maximum atomic E-state index is 12.3. The van der Waals surface area contributed by atoms with Gasteiger partial charge < -0.3 is 19.5 Å². The van der Waals surface area contributed by atoms with Crippen LogP contribution in [0.1, 0.15) is 27.7 Å². The molecule has 0 aliphatic heterocycles. The first-order valence-corrected chi connectivity index (χ1v) is 8.83. The van der Waals surface area contributed by atoms with Crippen molar-refractivity contribution in [3.05, 3.63) is 48.5 Å². The van der Waals surface area contributed by atoms with E-state index in [0.717, 1.165) is 11.1 Å². The van der Waals surface area contributed by atoms with Crippen LogP contribution in [-0.4, -0.2) is 40.8 Å². The van der Waals surface area contributed by atoms with Crippen LogP contribution in [0.4, 0.5) is 4.79 Å². The largest absolute Gasteiger partial charge is 0.511 e. The molecule has 0 radical (unpaired) electrons. The highest BCUT2D eigenvalue weighted by molar-refractivity contribution is 5.78. The number of hydrogen-bond donors (Lipinski definition) is 1. The predicted molar refractivity (Wildman–Crippen MR) is 103 cm³/mol. The van der Waals surface area contributed by atoms with Crippen LogP contribution in [0.5, 0.6) is 11.5 Å². The molecule has 27 heavy (non-hydrogen) atoms. The van der Waals surface area contributed by atoms with Crippen molar-refractivity contribution in [3.63, 3.8) is 0 Å². The third kappa shape index (κ3) is 5.74. The smallest absolute Gasteiger partial charge is 0.484 e. The molecule has 0 aliphatic carbocycles. The van der Waals surface area contributed by atoms with Crippen LogP contribution in [0.2, 0.25) is 0 Å². The number of ether oxygens (including phenoxy) is 2. The Morgan fingerprint density at radius 3 is 1.70 bits per heavy atom. The summed E-state index contributed by atoms with van der Waals surface area (Å²) in [5.74, 6) is 0.841. The summed E-state index contributed by atoms with van der Waals surface area (Å²) < 4.78 is 10.2. The summed E-state index contributed by atoms with van der Waals surface area (Å²) in [5.41, 5.74) is 1.86. The molecule has 0 saturated heterocycles. The fourth-order valence-corrected chi connectivity index (χ4v) is 2.95. The minimum Gasteiger partial charge on any atom is -0.484 e. The molecule has 6 heteroatoms. The van der Waals surface area contributed by atoms with Gasteiger partial charge in [0.25, 0.3) is 5.91 Å². The molecule has 2 aromatic rings. The van der Waals surface area contributed by atoms with Crippen LogP contribution in [-0.2, 0) is 4.79 Å². The summed E-state index contributed by atoms with van der Waals surface area (Å²) in [6.45, 7) is 7.94. The highest BCUT2D eigenvalue weighted by Crippen LogP contribution is 2.24. The van der Waals surface area contributed by atoms with E-state index in [-0.39, 0.29) is 30.3 Å². The first-order valence-electron chi connectivity index (χ1n) is 8.83. The van der Waals surface area contributed by atoms with Gasteiger partial charge in [-0.1, -0.05) is 24.3 Å². The number of nitrogens with zero attached hydrogens (tertiary/aromatic N) is 1. The number of amides is 1. The van der Waals surface area contributed by atoms with Crippen LogP contribution in [0, 0.1) is 0 Å². The van der Waals surface area contributed by atoms with Gasteiger partial charge in [-0.3, -0.25) is 4.79 Å². The zero-order valence-electron chi connectivity index (χ0n) is 16.0. The van der Waals surface area contributed by atoms with Crippen molar-refractivity contribution in [3.8, 4) is 22.6 Å². The molecule has 0 unspecified atom stereocenters. The standard InChI is InChI=1S/C21H25NO5/c1-14(2)22(15(3)4)20(23)13-26-18-9-5-16(6-10-18)17-7-11-19(12-8-17)27-21(24)25/h5-12,14-15H,13H2,1-4H3,(H,24,25). The molecule has 0 bridgehead atoms. The molecule has 0 spiro atoms. The molecule has 0 fully saturated rings. The van der Waals surface area contributed by atoms with Crippen molar-refractivity contribution >= 4 is 12.1 Å². The zero-order valence-corrected chi connectivity index (χ0v) is 16.0. The third-order valence-electron chi connectivity index (χ3n) is 4.01. The molecular formula is C21H25NO5. The number of carbonyl (C=O) groups is 2. The summed E-state index contributed by atoms with van der Waals surface area (Å²) in [7, 11) is 0. The Labute approximate surface area is 159 Å². The van der Waals surface area contributed by atoms with Crippen molar-refractivity contribution in [2.45, 2.75) is 39.8 Å². The molecule has 6 nitrogen and oxygen atoms in total. The minimum absolute atomic E-state index is 0.00304. The average Bonchev–Trinajstić information content (AvgIpc) is 2.60. The van der Waals surface area contributed by atoms with Crippen molar-refractivity contribution in [1.29, 1.82) is 0 Å². The van der Waals surface area contributed by atoms with E-state index in [0.29, 0.717) is 5.75 Å². The quantitative estimate of drug-likeness (QED) is 0.575. The first kappa shape index (κ1) is 20.3. The SMILES string of the molecule is CC(C)N(C(=O)COc1ccc(-c2ccc(OC(=O)O)cc2)cc1)C(C)C. The Kier molecular flexibility index (Phi) is 6.82. The second-order valence-corrected chi connectivity index (χ2v) is 6.69. The lowest BCUT2D eigenvalue weighted by molar-refractivity contribution is -0.136. The van der Waals surface area contributed by atoms with Gasteiger partial charge in [0.1, 0.15) is 11.5 Å². The normalized spacial score (nSPS) is 10.7. The molecule has 144 valence electrons. The van der Waals surface area contributed by atoms with Crippen LogP contribution in [0.3, 0.4) is 0 Å². The zero-order chi connectivity index (χ0) is 20.0. The monoisotopic (exact) mass is 371 g/mol. The number of rotatable bonds is 7. The molecular weight excluding hydrogens is 346 g/mol. The van der Waals surface area contributed by atoms with Crippen LogP contribution < -0.4 is 9.47 Å². The Hall–Kier alpha value is -3.02. The molecule has 1 N–H and O–H groups in total. The van der Waals surface area contributed by atoms with E-state index in [9.17, 15) is 9.59 Å². The van der Waals surface area contributed by atoms with Gasteiger partial charge >= 0.3 is 6.16 Å². The topological polar surface area (TPSA) is 76.1 Å².